The van der Waals surface area contributed by atoms with Crippen molar-refractivity contribution in [3.8, 4) is 0 Å². The van der Waals surface area contributed by atoms with Crippen LogP contribution < -0.4 is 5.32 Å². The zero-order chi connectivity index (χ0) is 10.1. The molecule has 1 unspecified atom stereocenters. The van der Waals surface area contributed by atoms with Crippen molar-refractivity contribution in [2.45, 2.75) is 20.0 Å². The highest BCUT2D eigenvalue weighted by molar-refractivity contribution is 7.10. The average molecular weight is 209 g/mol. The number of hydrogen-bond donors (Lipinski definition) is 2. The van der Waals surface area contributed by atoms with E-state index in [4.69, 9.17) is 0 Å². The minimum Gasteiger partial charge on any atom is -0.388 e. The summed E-state index contributed by atoms with van der Waals surface area (Å²) in [5.74, 6) is 0. The zero-order valence-electron chi connectivity index (χ0n) is 8.50. The van der Waals surface area contributed by atoms with Gasteiger partial charge in [-0.25, -0.2) is 0 Å². The van der Waals surface area contributed by atoms with Crippen LogP contribution in [0.2, 0.25) is 0 Å². The second kappa shape index (κ2) is 3.85. The van der Waals surface area contributed by atoms with E-state index in [1.165, 1.54) is 21.6 Å². The van der Waals surface area contributed by atoms with Gasteiger partial charge in [0, 0.05) is 18.0 Å². The van der Waals surface area contributed by atoms with E-state index in [0.717, 1.165) is 6.54 Å². The number of aliphatic hydroxyl groups is 1. The molecule has 0 amide bonds. The third kappa shape index (κ3) is 1.75. The van der Waals surface area contributed by atoms with Crippen molar-refractivity contribution in [3.05, 3.63) is 27.5 Å². The molecule has 2 N–H and O–H groups in total. The predicted molar refractivity (Wildman–Crippen MR) is 60.6 cm³/mol. The topological polar surface area (TPSA) is 32.3 Å². The molecular formula is C11H15NOS. The first-order valence-electron chi connectivity index (χ1n) is 4.83. The average Bonchev–Trinajstić information content (AvgIpc) is 2.46. The first kappa shape index (κ1) is 9.90. The van der Waals surface area contributed by atoms with Gasteiger partial charge in [-0.3, -0.25) is 0 Å². The van der Waals surface area contributed by atoms with Crippen LogP contribution in [-0.2, 0) is 0 Å². The van der Waals surface area contributed by atoms with E-state index < -0.39 is 0 Å². The van der Waals surface area contributed by atoms with Crippen LogP contribution in [0.15, 0.2) is 11.5 Å². The largest absolute Gasteiger partial charge is 0.388 e. The molecule has 2 rings (SSSR count). The Kier molecular flexibility index (Phi) is 2.72. The molecule has 0 fully saturated rings. The van der Waals surface area contributed by atoms with Crippen LogP contribution in [0.5, 0.6) is 0 Å². The number of aliphatic hydroxyl groups excluding tert-OH is 1. The van der Waals surface area contributed by atoms with E-state index in [0.29, 0.717) is 6.54 Å². The Morgan fingerprint density at radius 1 is 1.50 bits per heavy atom. The Morgan fingerprint density at radius 2 is 2.29 bits per heavy atom. The Balaban J connectivity index is 2.39. The Hall–Kier alpha value is -0.640. The van der Waals surface area contributed by atoms with E-state index in [1.807, 2.05) is 6.08 Å². The lowest BCUT2D eigenvalue weighted by atomic mass is 9.99. The molecule has 3 heteroatoms. The molecule has 1 aromatic rings. The van der Waals surface area contributed by atoms with Crippen molar-refractivity contribution in [3.63, 3.8) is 0 Å². The molecule has 0 saturated heterocycles. The molecular weight excluding hydrogens is 194 g/mol. The molecule has 0 bridgehead atoms. The van der Waals surface area contributed by atoms with Gasteiger partial charge >= 0.3 is 0 Å². The third-order valence-electron chi connectivity index (χ3n) is 2.54. The third-order valence-corrected chi connectivity index (χ3v) is 3.57. The molecule has 1 aliphatic heterocycles. The minimum absolute atomic E-state index is 0.336. The molecule has 1 atom stereocenters. The number of aryl methyl sites for hydroxylation is 2. The summed E-state index contributed by atoms with van der Waals surface area (Å²) in [5.41, 5.74) is 3.87. The molecule has 2 nitrogen and oxygen atoms in total. The summed E-state index contributed by atoms with van der Waals surface area (Å²) in [7, 11) is 0. The van der Waals surface area contributed by atoms with E-state index in [2.05, 4.69) is 24.5 Å². The van der Waals surface area contributed by atoms with Gasteiger partial charge in [-0.1, -0.05) is 0 Å². The fourth-order valence-electron chi connectivity index (χ4n) is 1.93. The van der Waals surface area contributed by atoms with Crippen molar-refractivity contribution >= 4 is 16.9 Å². The van der Waals surface area contributed by atoms with E-state index in [1.54, 1.807) is 11.3 Å². The van der Waals surface area contributed by atoms with Gasteiger partial charge in [0.05, 0.1) is 6.10 Å². The molecule has 0 aromatic carbocycles. The lowest BCUT2D eigenvalue weighted by molar-refractivity contribution is 0.217. The minimum atomic E-state index is -0.336. The molecule has 1 aromatic heterocycles. The summed E-state index contributed by atoms with van der Waals surface area (Å²) in [6.45, 7) is 5.80. The summed E-state index contributed by atoms with van der Waals surface area (Å²) in [6, 6.07) is 0. The maximum absolute atomic E-state index is 9.52. The van der Waals surface area contributed by atoms with Crippen molar-refractivity contribution < 1.29 is 5.11 Å². The van der Waals surface area contributed by atoms with Gasteiger partial charge in [-0.15, -0.1) is 11.3 Å². The van der Waals surface area contributed by atoms with Crippen molar-refractivity contribution in [2.24, 2.45) is 0 Å². The summed E-state index contributed by atoms with van der Waals surface area (Å²) in [5, 5.41) is 14.9. The van der Waals surface area contributed by atoms with Crippen LogP contribution in [0, 0.1) is 13.8 Å². The van der Waals surface area contributed by atoms with Gasteiger partial charge in [0.1, 0.15) is 0 Å². The summed E-state index contributed by atoms with van der Waals surface area (Å²) >= 11 is 1.78. The van der Waals surface area contributed by atoms with Gasteiger partial charge in [-0.2, -0.15) is 0 Å². The number of hydrogen-bond acceptors (Lipinski definition) is 3. The molecule has 0 spiro atoms. The summed E-state index contributed by atoms with van der Waals surface area (Å²) in [4.78, 5) is 1.34. The monoisotopic (exact) mass is 209 g/mol. The van der Waals surface area contributed by atoms with Crippen LogP contribution in [-0.4, -0.2) is 24.3 Å². The molecule has 0 saturated carbocycles. The summed E-state index contributed by atoms with van der Waals surface area (Å²) in [6.07, 6.45) is 1.64. The van der Waals surface area contributed by atoms with E-state index in [9.17, 15) is 5.11 Å². The zero-order valence-corrected chi connectivity index (χ0v) is 9.32. The Morgan fingerprint density at radius 3 is 2.86 bits per heavy atom. The second-order valence-electron chi connectivity index (χ2n) is 3.74. The van der Waals surface area contributed by atoms with E-state index >= 15 is 0 Å². The van der Waals surface area contributed by atoms with Crippen molar-refractivity contribution in [1.82, 2.24) is 5.32 Å². The molecule has 0 aliphatic carbocycles. The normalized spacial score (nSPS) is 22.2. The van der Waals surface area contributed by atoms with Crippen LogP contribution in [0.25, 0.3) is 5.57 Å². The fraction of sp³-hybridized carbons (Fsp3) is 0.455. The standard InChI is InChI=1S/C11H15NOS/c1-7-6-14-8(2)11(7)9-3-10(13)5-12-4-9/h3,6,10,12-13H,4-5H2,1-2H3. The SMILES string of the molecule is Cc1csc(C)c1C1=CC(O)CNC1. The molecule has 76 valence electrons. The van der Waals surface area contributed by atoms with Crippen molar-refractivity contribution in [2.75, 3.05) is 13.1 Å². The first-order chi connectivity index (χ1) is 6.68. The van der Waals surface area contributed by atoms with Crippen LogP contribution >= 0.6 is 11.3 Å². The number of rotatable bonds is 1. The highest BCUT2D eigenvalue weighted by atomic mass is 32.1. The number of thiophene rings is 1. The van der Waals surface area contributed by atoms with E-state index in [-0.39, 0.29) is 6.10 Å². The maximum Gasteiger partial charge on any atom is 0.0851 e. The van der Waals surface area contributed by atoms with Crippen LogP contribution in [0.4, 0.5) is 0 Å². The predicted octanol–water partition coefficient (Wildman–Crippen LogP) is 1.71. The Bertz CT molecular complexity index is 348. The quantitative estimate of drug-likeness (QED) is 0.738. The molecule has 14 heavy (non-hydrogen) atoms. The lowest BCUT2D eigenvalue weighted by Crippen LogP contribution is -2.31. The van der Waals surface area contributed by atoms with Crippen LogP contribution in [0.1, 0.15) is 16.0 Å². The maximum atomic E-state index is 9.52. The van der Waals surface area contributed by atoms with Crippen molar-refractivity contribution in [1.29, 1.82) is 0 Å². The molecule has 0 radical (unpaired) electrons. The highest BCUT2D eigenvalue weighted by Gasteiger charge is 2.15. The fourth-order valence-corrected chi connectivity index (χ4v) is 2.81. The van der Waals surface area contributed by atoms with Gasteiger partial charge in [0.15, 0.2) is 0 Å². The van der Waals surface area contributed by atoms with Gasteiger partial charge in [-0.05, 0) is 42.0 Å². The van der Waals surface area contributed by atoms with Gasteiger partial charge in [0.25, 0.3) is 0 Å². The summed E-state index contributed by atoms with van der Waals surface area (Å²) < 4.78 is 0. The number of β-amino-alcohol motifs (C(OH)–C–C–N with tert-alkyl or cyclic N) is 1. The van der Waals surface area contributed by atoms with Crippen LogP contribution in [0.3, 0.4) is 0 Å². The highest BCUT2D eigenvalue weighted by Crippen LogP contribution is 2.28. The molecule has 1 aliphatic rings. The first-order valence-corrected chi connectivity index (χ1v) is 5.71. The molecule has 2 heterocycles. The number of nitrogens with one attached hydrogen (secondary N) is 1. The van der Waals surface area contributed by atoms with Gasteiger partial charge < -0.3 is 10.4 Å². The second-order valence-corrected chi connectivity index (χ2v) is 4.82. The van der Waals surface area contributed by atoms with Gasteiger partial charge in [0.2, 0.25) is 0 Å². The lowest BCUT2D eigenvalue weighted by Gasteiger charge is -2.19. The smallest absolute Gasteiger partial charge is 0.0851 e. The Labute approximate surface area is 88.3 Å².